The number of aromatic nitrogens is 2. The van der Waals surface area contributed by atoms with Crippen molar-refractivity contribution in [3.8, 4) is 0 Å². The van der Waals surface area contributed by atoms with Crippen LogP contribution in [0.4, 0.5) is 0 Å². The first-order valence-corrected chi connectivity index (χ1v) is 8.75. The van der Waals surface area contributed by atoms with E-state index < -0.39 is 6.04 Å². The summed E-state index contributed by atoms with van der Waals surface area (Å²) < 4.78 is 0. The molecule has 126 valence electrons. The molecule has 0 radical (unpaired) electrons. The number of amides is 2. The third-order valence-corrected chi connectivity index (χ3v) is 5.26. The van der Waals surface area contributed by atoms with Crippen LogP contribution in [0.15, 0.2) is 18.5 Å². The van der Waals surface area contributed by atoms with E-state index in [9.17, 15) is 9.59 Å². The zero-order valence-electron chi connectivity index (χ0n) is 13.8. The maximum atomic E-state index is 12.9. The van der Waals surface area contributed by atoms with E-state index in [1.165, 1.54) is 12.8 Å². The topological polar surface area (TPSA) is 78.1 Å². The molecule has 1 saturated carbocycles. The van der Waals surface area contributed by atoms with Crippen molar-refractivity contribution in [3.63, 3.8) is 0 Å². The number of nitrogens with zero attached hydrogens (tertiary/aromatic N) is 2. The maximum Gasteiger partial charge on any atom is 0.257 e. The minimum Gasteiger partial charge on any atom is -0.352 e. The van der Waals surface area contributed by atoms with Gasteiger partial charge in [-0.3, -0.25) is 9.59 Å². The third-order valence-electron chi connectivity index (χ3n) is 5.26. The second kappa shape index (κ2) is 5.92. The fourth-order valence-electron chi connectivity index (χ4n) is 4.00. The van der Waals surface area contributed by atoms with E-state index in [0.717, 1.165) is 29.4 Å². The molecular formula is C18H22N4O2. The van der Waals surface area contributed by atoms with Crippen LogP contribution in [0.2, 0.25) is 0 Å². The molecule has 0 unspecified atom stereocenters. The Morgan fingerprint density at radius 3 is 3.00 bits per heavy atom. The highest BCUT2D eigenvalue weighted by atomic mass is 16.2. The summed E-state index contributed by atoms with van der Waals surface area (Å²) in [5.74, 6) is -0.114. The number of carbonyl (C=O) groups is 2. The first-order valence-electron chi connectivity index (χ1n) is 8.75. The summed E-state index contributed by atoms with van der Waals surface area (Å²) in [6, 6.07) is 1.77. The molecule has 0 aromatic carbocycles. The van der Waals surface area contributed by atoms with Crippen molar-refractivity contribution in [1.82, 2.24) is 20.2 Å². The molecule has 6 nitrogen and oxygen atoms in total. The second-order valence-electron chi connectivity index (χ2n) is 6.74. The number of nitrogens with one attached hydrogen (secondary N) is 2. The highest BCUT2D eigenvalue weighted by Gasteiger charge is 2.35. The van der Waals surface area contributed by atoms with Gasteiger partial charge in [0.15, 0.2) is 0 Å². The SMILES string of the molecule is CC[C@H](C(=O)NC1CCCC1)N1Cc2ccnc3[nH]cc(c23)C1=O. The highest BCUT2D eigenvalue weighted by molar-refractivity contribution is 6.10. The Balaban J connectivity index is 1.61. The van der Waals surface area contributed by atoms with Crippen LogP contribution >= 0.6 is 0 Å². The standard InChI is InChI=1S/C18H22N4O2/c1-2-14(17(23)21-12-5-3-4-6-12)22-10-11-7-8-19-16-15(11)13(9-20-16)18(22)24/h7-9,12,14H,2-6,10H2,1H3,(H,19,20)(H,21,23)/t14-/m1/s1. The number of aromatic amines is 1. The van der Waals surface area contributed by atoms with Gasteiger partial charge in [-0.1, -0.05) is 19.8 Å². The third kappa shape index (κ3) is 2.37. The summed E-state index contributed by atoms with van der Waals surface area (Å²) in [5, 5.41) is 4.03. The minimum atomic E-state index is -0.427. The van der Waals surface area contributed by atoms with Crippen molar-refractivity contribution in [2.75, 3.05) is 0 Å². The highest BCUT2D eigenvalue weighted by Crippen LogP contribution is 2.30. The number of pyridine rings is 1. The molecule has 0 spiro atoms. The molecule has 4 rings (SSSR count). The first-order chi connectivity index (χ1) is 11.7. The molecule has 1 fully saturated rings. The lowest BCUT2D eigenvalue weighted by atomic mass is 10.00. The van der Waals surface area contributed by atoms with Gasteiger partial charge in [-0.15, -0.1) is 0 Å². The van der Waals surface area contributed by atoms with Crippen molar-refractivity contribution in [1.29, 1.82) is 0 Å². The first kappa shape index (κ1) is 15.2. The Labute approximate surface area is 140 Å². The number of H-pyrrole nitrogens is 1. The summed E-state index contributed by atoms with van der Waals surface area (Å²) in [5.41, 5.74) is 2.40. The normalized spacial score (nSPS) is 19.0. The molecule has 2 N–H and O–H groups in total. The second-order valence-corrected chi connectivity index (χ2v) is 6.74. The lowest BCUT2D eigenvalue weighted by Crippen LogP contribution is -2.51. The molecule has 24 heavy (non-hydrogen) atoms. The molecule has 2 amide bonds. The van der Waals surface area contributed by atoms with Gasteiger partial charge >= 0.3 is 0 Å². The van der Waals surface area contributed by atoms with Crippen LogP contribution in [-0.2, 0) is 11.3 Å². The summed E-state index contributed by atoms with van der Waals surface area (Å²) in [6.07, 6.45) is 8.49. The fraction of sp³-hybridized carbons (Fsp3) is 0.500. The van der Waals surface area contributed by atoms with E-state index in [0.29, 0.717) is 18.5 Å². The number of hydrogen-bond acceptors (Lipinski definition) is 3. The molecule has 2 aliphatic rings. The molecule has 2 aromatic rings. The Morgan fingerprint density at radius 2 is 2.25 bits per heavy atom. The predicted octanol–water partition coefficient (Wildman–Crippen LogP) is 2.36. The number of rotatable bonds is 4. The van der Waals surface area contributed by atoms with E-state index in [2.05, 4.69) is 15.3 Å². The summed E-state index contributed by atoms with van der Waals surface area (Å²) in [4.78, 5) is 34.7. The van der Waals surface area contributed by atoms with Crippen molar-refractivity contribution in [2.24, 2.45) is 0 Å². The van der Waals surface area contributed by atoms with Crippen LogP contribution < -0.4 is 5.32 Å². The lowest BCUT2D eigenvalue weighted by molar-refractivity contribution is -0.126. The van der Waals surface area contributed by atoms with Crippen LogP contribution in [0, 0.1) is 0 Å². The molecule has 1 aliphatic carbocycles. The van der Waals surface area contributed by atoms with E-state index in [4.69, 9.17) is 0 Å². The van der Waals surface area contributed by atoms with Crippen LogP contribution in [0.1, 0.15) is 54.9 Å². The molecule has 3 heterocycles. The molecule has 2 aromatic heterocycles. The predicted molar refractivity (Wildman–Crippen MR) is 90.4 cm³/mol. The van der Waals surface area contributed by atoms with E-state index in [1.54, 1.807) is 17.3 Å². The number of hydrogen-bond donors (Lipinski definition) is 2. The zero-order chi connectivity index (χ0) is 16.7. The van der Waals surface area contributed by atoms with Gasteiger partial charge in [-0.05, 0) is 30.9 Å². The van der Waals surface area contributed by atoms with Gasteiger partial charge in [0.05, 0.1) is 5.56 Å². The maximum absolute atomic E-state index is 12.9. The Hall–Kier alpha value is -2.37. The molecule has 0 bridgehead atoms. The smallest absolute Gasteiger partial charge is 0.257 e. The number of carbonyl (C=O) groups excluding carboxylic acids is 2. The Kier molecular flexibility index (Phi) is 3.75. The van der Waals surface area contributed by atoms with Crippen molar-refractivity contribution in [3.05, 3.63) is 29.6 Å². The fourth-order valence-corrected chi connectivity index (χ4v) is 4.00. The van der Waals surface area contributed by atoms with Crippen molar-refractivity contribution < 1.29 is 9.59 Å². The summed E-state index contributed by atoms with van der Waals surface area (Å²) in [6.45, 7) is 2.42. The monoisotopic (exact) mass is 326 g/mol. The van der Waals surface area contributed by atoms with Crippen LogP contribution in [-0.4, -0.2) is 38.8 Å². The quantitative estimate of drug-likeness (QED) is 0.905. The van der Waals surface area contributed by atoms with Gasteiger partial charge in [-0.2, -0.15) is 0 Å². The minimum absolute atomic E-state index is 0.0259. The largest absolute Gasteiger partial charge is 0.352 e. The Morgan fingerprint density at radius 1 is 1.46 bits per heavy atom. The molecule has 6 heteroatoms. The van der Waals surface area contributed by atoms with E-state index >= 15 is 0 Å². The van der Waals surface area contributed by atoms with Crippen LogP contribution in [0.25, 0.3) is 11.0 Å². The van der Waals surface area contributed by atoms with Crippen LogP contribution in [0.5, 0.6) is 0 Å². The van der Waals surface area contributed by atoms with E-state index in [1.807, 2.05) is 13.0 Å². The van der Waals surface area contributed by atoms with Crippen LogP contribution in [0.3, 0.4) is 0 Å². The summed E-state index contributed by atoms with van der Waals surface area (Å²) in [7, 11) is 0. The zero-order valence-corrected chi connectivity index (χ0v) is 13.8. The van der Waals surface area contributed by atoms with Crippen molar-refractivity contribution >= 4 is 22.8 Å². The van der Waals surface area contributed by atoms with Gasteiger partial charge in [0.2, 0.25) is 5.91 Å². The van der Waals surface area contributed by atoms with Crippen molar-refractivity contribution in [2.45, 2.75) is 57.7 Å². The molecular weight excluding hydrogens is 304 g/mol. The van der Waals surface area contributed by atoms with Gasteiger partial charge in [-0.25, -0.2) is 4.98 Å². The van der Waals surface area contributed by atoms with Gasteiger partial charge in [0, 0.05) is 30.4 Å². The lowest BCUT2D eigenvalue weighted by Gasteiger charge is -2.33. The van der Waals surface area contributed by atoms with Gasteiger partial charge in [0.25, 0.3) is 5.91 Å². The molecule has 0 saturated heterocycles. The van der Waals surface area contributed by atoms with Gasteiger partial charge < -0.3 is 15.2 Å². The summed E-state index contributed by atoms with van der Waals surface area (Å²) >= 11 is 0. The van der Waals surface area contributed by atoms with E-state index in [-0.39, 0.29) is 17.9 Å². The average Bonchev–Trinajstić information content (AvgIpc) is 3.23. The Bertz CT molecular complexity index is 791. The molecule has 1 aliphatic heterocycles. The average molecular weight is 326 g/mol. The van der Waals surface area contributed by atoms with Gasteiger partial charge in [0.1, 0.15) is 11.7 Å². The molecule has 1 atom stereocenters.